The quantitative estimate of drug-likeness (QED) is 0.285. The van der Waals surface area contributed by atoms with E-state index in [9.17, 15) is 5.11 Å². The number of benzene rings is 1. The molecule has 0 aliphatic heterocycles. The average Bonchev–Trinajstić information content (AvgIpc) is 2.63. The summed E-state index contributed by atoms with van der Waals surface area (Å²) in [6.07, 6.45) is -0.733. The van der Waals surface area contributed by atoms with Crippen molar-refractivity contribution >= 4 is 29.9 Å². The lowest BCUT2D eigenvalue weighted by atomic mass is 10.1. The predicted octanol–water partition coefficient (Wildman–Crippen LogP) is 2.34. The van der Waals surface area contributed by atoms with Crippen LogP contribution in [0.25, 0.3) is 0 Å². The Balaban J connectivity index is 0.00000625. The fourth-order valence-corrected chi connectivity index (χ4v) is 2.01. The number of halogens is 1. The molecule has 0 amide bonds. The smallest absolute Gasteiger partial charge is 0.191 e. The summed E-state index contributed by atoms with van der Waals surface area (Å²) in [6.45, 7) is 7.46. The molecule has 1 atom stereocenters. The Hall–Kier alpha value is -1.26. The van der Waals surface area contributed by atoms with E-state index in [4.69, 9.17) is 14.2 Å². The second-order valence-electron chi connectivity index (χ2n) is 6.20. The highest BCUT2D eigenvalue weighted by atomic mass is 127. The fourth-order valence-electron chi connectivity index (χ4n) is 2.01. The van der Waals surface area contributed by atoms with Crippen molar-refractivity contribution in [1.82, 2.24) is 10.6 Å². The van der Waals surface area contributed by atoms with Gasteiger partial charge in [-0.3, -0.25) is 4.99 Å². The summed E-state index contributed by atoms with van der Waals surface area (Å²) in [5.41, 5.74) is 0.359. The Bertz CT molecular complexity index is 545. The molecular weight excluding hydrogens is 449 g/mol. The first-order chi connectivity index (χ1) is 11.8. The maximum Gasteiger partial charge on any atom is 0.191 e. The van der Waals surface area contributed by atoms with E-state index in [0.717, 1.165) is 6.54 Å². The highest BCUT2D eigenvalue weighted by Crippen LogP contribution is 2.26. The molecule has 0 spiro atoms. The molecular formula is C18H32IN3O4. The second-order valence-corrected chi connectivity index (χ2v) is 6.20. The average molecular weight is 481 g/mol. The Morgan fingerprint density at radius 2 is 1.69 bits per heavy atom. The highest BCUT2D eigenvalue weighted by molar-refractivity contribution is 14.0. The molecule has 0 saturated heterocycles. The van der Waals surface area contributed by atoms with Gasteiger partial charge in [0.2, 0.25) is 0 Å². The van der Waals surface area contributed by atoms with Gasteiger partial charge in [0, 0.05) is 26.3 Å². The third-order valence-corrected chi connectivity index (χ3v) is 3.74. The van der Waals surface area contributed by atoms with E-state index in [1.807, 2.05) is 20.8 Å². The van der Waals surface area contributed by atoms with Gasteiger partial charge >= 0.3 is 0 Å². The van der Waals surface area contributed by atoms with Crippen LogP contribution in [-0.2, 0) is 4.74 Å². The molecule has 8 heteroatoms. The van der Waals surface area contributed by atoms with Crippen molar-refractivity contribution in [2.75, 3.05) is 41.0 Å². The van der Waals surface area contributed by atoms with Gasteiger partial charge in [-0.1, -0.05) is 0 Å². The molecule has 1 aromatic rings. The zero-order valence-corrected chi connectivity index (χ0v) is 18.8. The van der Waals surface area contributed by atoms with Crippen molar-refractivity contribution in [3.05, 3.63) is 23.8 Å². The predicted molar refractivity (Wildman–Crippen MR) is 115 cm³/mol. The van der Waals surface area contributed by atoms with Gasteiger partial charge in [-0.2, -0.15) is 0 Å². The molecule has 7 nitrogen and oxygen atoms in total. The van der Waals surface area contributed by atoms with E-state index in [1.165, 1.54) is 0 Å². The number of aliphatic hydroxyl groups is 1. The molecule has 0 aliphatic rings. The summed E-state index contributed by atoms with van der Waals surface area (Å²) >= 11 is 0. The Kier molecular flexibility index (Phi) is 11.6. The topological polar surface area (TPSA) is 84.3 Å². The van der Waals surface area contributed by atoms with Crippen LogP contribution in [0.4, 0.5) is 0 Å². The number of methoxy groups -OCH3 is 3. The first-order valence-corrected chi connectivity index (χ1v) is 8.33. The minimum atomic E-state index is -0.733. The Labute approximate surface area is 173 Å². The zero-order chi connectivity index (χ0) is 18.9. The molecule has 0 aromatic heterocycles. The van der Waals surface area contributed by atoms with Crippen LogP contribution in [0.15, 0.2) is 23.2 Å². The van der Waals surface area contributed by atoms with Gasteiger partial charge < -0.3 is 30.0 Å². The van der Waals surface area contributed by atoms with Crippen LogP contribution >= 0.6 is 24.0 Å². The standard InChI is InChI=1S/C18H31N3O4.HI/c1-7-19-17(21-12-18(2,3)25-6)20-11-16(22)13-8-14(23-4)10-15(9-13)24-5;/h8-10,16,22H,7,11-12H2,1-6H3,(H2,19,20,21);1H. The van der Waals surface area contributed by atoms with Gasteiger partial charge in [0.05, 0.1) is 32.5 Å². The molecule has 3 N–H and O–H groups in total. The van der Waals surface area contributed by atoms with Crippen LogP contribution in [-0.4, -0.2) is 57.6 Å². The maximum absolute atomic E-state index is 10.5. The van der Waals surface area contributed by atoms with Crippen LogP contribution in [0.2, 0.25) is 0 Å². The van der Waals surface area contributed by atoms with Gasteiger partial charge in [-0.25, -0.2) is 0 Å². The molecule has 1 aromatic carbocycles. The summed E-state index contributed by atoms with van der Waals surface area (Å²) in [5, 5.41) is 16.8. The van der Waals surface area contributed by atoms with Crippen molar-refractivity contribution in [2.45, 2.75) is 32.5 Å². The SMILES string of the molecule is CCNC(=NCC(C)(C)OC)NCC(O)c1cc(OC)cc(OC)c1.I. The number of guanidine groups is 1. The van der Waals surface area contributed by atoms with E-state index in [2.05, 4.69) is 15.6 Å². The molecule has 0 heterocycles. The van der Waals surface area contributed by atoms with Gasteiger partial charge in [-0.05, 0) is 38.5 Å². The van der Waals surface area contributed by atoms with Crippen molar-refractivity contribution in [2.24, 2.45) is 4.99 Å². The van der Waals surface area contributed by atoms with Crippen molar-refractivity contribution in [3.8, 4) is 11.5 Å². The van der Waals surface area contributed by atoms with Crippen molar-refractivity contribution in [1.29, 1.82) is 0 Å². The molecule has 0 radical (unpaired) electrons. The van der Waals surface area contributed by atoms with E-state index in [0.29, 0.717) is 36.1 Å². The molecule has 0 bridgehead atoms. The summed E-state index contributed by atoms with van der Waals surface area (Å²) in [5.74, 6) is 1.90. The van der Waals surface area contributed by atoms with Crippen LogP contribution in [0, 0.1) is 0 Å². The van der Waals surface area contributed by atoms with Crippen LogP contribution in [0.1, 0.15) is 32.4 Å². The lowest BCUT2D eigenvalue weighted by Crippen LogP contribution is -2.40. The van der Waals surface area contributed by atoms with E-state index in [-0.39, 0.29) is 29.6 Å². The molecule has 26 heavy (non-hydrogen) atoms. The number of hydrogen-bond donors (Lipinski definition) is 3. The van der Waals surface area contributed by atoms with E-state index < -0.39 is 6.10 Å². The number of hydrogen-bond acceptors (Lipinski definition) is 5. The summed E-state index contributed by atoms with van der Waals surface area (Å²) in [7, 11) is 4.82. The molecule has 1 unspecified atom stereocenters. The van der Waals surface area contributed by atoms with Gasteiger partial charge in [0.25, 0.3) is 0 Å². The molecule has 0 aliphatic carbocycles. The van der Waals surface area contributed by atoms with Gasteiger partial charge in [-0.15, -0.1) is 24.0 Å². The molecule has 0 fully saturated rings. The number of nitrogens with one attached hydrogen (secondary N) is 2. The van der Waals surface area contributed by atoms with Crippen LogP contribution in [0.3, 0.4) is 0 Å². The second kappa shape index (κ2) is 12.2. The zero-order valence-electron chi connectivity index (χ0n) is 16.5. The summed E-state index contributed by atoms with van der Waals surface area (Å²) < 4.78 is 15.8. The van der Waals surface area contributed by atoms with Crippen molar-refractivity contribution in [3.63, 3.8) is 0 Å². The molecule has 0 saturated carbocycles. The van der Waals surface area contributed by atoms with Crippen LogP contribution in [0.5, 0.6) is 11.5 Å². The Morgan fingerprint density at radius 1 is 1.12 bits per heavy atom. The number of nitrogens with zero attached hydrogens (tertiary/aromatic N) is 1. The number of ether oxygens (including phenoxy) is 3. The lowest BCUT2D eigenvalue weighted by molar-refractivity contribution is 0.0310. The first kappa shape index (κ1) is 24.7. The summed E-state index contributed by atoms with van der Waals surface area (Å²) in [6, 6.07) is 5.34. The number of rotatable bonds is 9. The van der Waals surface area contributed by atoms with Crippen LogP contribution < -0.4 is 20.1 Å². The number of aliphatic hydroxyl groups excluding tert-OH is 1. The third-order valence-electron chi connectivity index (χ3n) is 3.74. The minimum absolute atomic E-state index is 0. The van der Waals surface area contributed by atoms with Gasteiger partial charge in [0.1, 0.15) is 11.5 Å². The number of aliphatic imine (C=N–C) groups is 1. The van der Waals surface area contributed by atoms with E-state index in [1.54, 1.807) is 39.5 Å². The fraction of sp³-hybridized carbons (Fsp3) is 0.611. The Morgan fingerprint density at radius 3 is 2.15 bits per heavy atom. The third kappa shape index (κ3) is 8.41. The lowest BCUT2D eigenvalue weighted by Gasteiger charge is -2.22. The van der Waals surface area contributed by atoms with Gasteiger partial charge in [0.15, 0.2) is 5.96 Å². The molecule has 1 rings (SSSR count). The monoisotopic (exact) mass is 481 g/mol. The highest BCUT2D eigenvalue weighted by Gasteiger charge is 2.16. The molecule has 150 valence electrons. The minimum Gasteiger partial charge on any atom is -0.497 e. The maximum atomic E-state index is 10.5. The van der Waals surface area contributed by atoms with Crippen molar-refractivity contribution < 1.29 is 19.3 Å². The summed E-state index contributed by atoms with van der Waals surface area (Å²) in [4.78, 5) is 4.50. The van der Waals surface area contributed by atoms with E-state index >= 15 is 0 Å². The first-order valence-electron chi connectivity index (χ1n) is 8.33. The largest absolute Gasteiger partial charge is 0.497 e. The normalized spacial score (nSPS) is 12.8.